The fraction of sp³-hybridized carbons (Fsp3) is 0. The van der Waals surface area contributed by atoms with Crippen LogP contribution >= 0.6 is 0 Å². The van der Waals surface area contributed by atoms with Crippen molar-refractivity contribution >= 4 is 11.5 Å². The molecule has 70 valence electrons. The standard InChI is InChI=1S/C10H10N4/c11-9-8(3-5-14-10(9)12)7-2-1-4-13-6-7/h1-6H,11H2,(H2,12,14). The molecule has 2 rings (SSSR count). The summed E-state index contributed by atoms with van der Waals surface area (Å²) in [4.78, 5) is 7.91. The van der Waals surface area contributed by atoms with Gasteiger partial charge < -0.3 is 11.5 Å². The van der Waals surface area contributed by atoms with Crippen molar-refractivity contribution < 1.29 is 0 Å². The Morgan fingerprint density at radius 2 is 1.93 bits per heavy atom. The first-order valence-corrected chi connectivity index (χ1v) is 4.19. The number of nitrogens with two attached hydrogens (primary N) is 2. The second kappa shape index (κ2) is 3.33. The van der Waals surface area contributed by atoms with Crippen molar-refractivity contribution in [1.29, 1.82) is 0 Å². The molecule has 0 atom stereocenters. The van der Waals surface area contributed by atoms with Gasteiger partial charge in [0.25, 0.3) is 0 Å². The fourth-order valence-electron chi connectivity index (χ4n) is 1.26. The summed E-state index contributed by atoms with van der Waals surface area (Å²) in [6, 6.07) is 5.60. The van der Waals surface area contributed by atoms with Crippen LogP contribution in [0.2, 0.25) is 0 Å². The maximum Gasteiger partial charge on any atom is 0.147 e. The molecule has 2 aromatic heterocycles. The van der Waals surface area contributed by atoms with Crippen LogP contribution in [0.15, 0.2) is 36.8 Å². The number of anilines is 2. The van der Waals surface area contributed by atoms with Crippen LogP contribution in [0, 0.1) is 0 Å². The highest BCUT2D eigenvalue weighted by Gasteiger charge is 2.04. The van der Waals surface area contributed by atoms with E-state index in [9.17, 15) is 0 Å². The molecular weight excluding hydrogens is 176 g/mol. The molecule has 0 amide bonds. The van der Waals surface area contributed by atoms with Crippen molar-refractivity contribution in [1.82, 2.24) is 9.97 Å². The van der Waals surface area contributed by atoms with E-state index in [0.717, 1.165) is 11.1 Å². The van der Waals surface area contributed by atoms with E-state index in [-0.39, 0.29) is 0 Å². The number of nitrogens with zero attached hydrogens (tertiary/aromatic N) is 2. The number of pyridine rings is 2. The van der Waals surface area contributed by atoms with Crippen LogP contribution < -0.4 is 11.5 Å². The third kappa shape index (κ3) is 1.37. The number of hydrogen-bond donors (Lipinski definition) is 2. The van der Waals surface area contributed by atoms with Gasteiger partial charge in [0.1, 0.15) is 5.82 Å². The van der Waals surface area contributed by atoms with E-state index in [1.807, 2.05) is 18.2 Å². The minimum Gasteiger partial charge on any atom is -0.395 e. The molecule has 2 heterocycles. The topological polar surface area (TPSA) is 77.8 Å². The molecule has 4 N–H and O–H groups in total. The Balaban J connectivity index is 2.58. The number of nitrogen functional groups attached to an aromatic ring is 2. The molecule has 0 bridgehead atoms. The lowest BCUT2D eigenvalue weighted by Crippen LogP contribution is -1.99. The summed E-state index contributed by atoms with van der Waals surface area (Å²) in [6.45, 7) is 0. The average molecular weight is 186 g/mol. The molecule has 0 fully saturated rings. The van der Waals surface area contributed by atoms with Gasteiger partial charge in [0.2, 0.25) is 0 Å². The van der Waals surface area contributed by atoms with Crippen LogP contribution in [0.1, 0.15) is 0 Å². The molecule has 0 aliphatic rings. The number of aromatic nitrogens is 2. The highest BCUT2D eigenvalue weighted by atomic mass is 14.9. The van der Waals surface area contributed by atoms with Crippen molar-refractivity contribution in [3.05, 3.63) is 36.8 Å². The van der Waals surface area contributed by atoms with Gasteiger partial charge in [-0.25, -0.2) is 4.98 Å². The Bertz CT molecular complexity index is 439. The van der Waals surface area contributed by atoms with E-state index in [2.05, 4.69) is 9.97 Å². The van der Waals surface area contributed by atoms with Gasteiger partial charge in [-0.15, -0.1) is 0 Å². The van der Waals surface area contributed by atoms with Crippen molar-refractivity contribution in [2.24, 2.45) is 0 Å². The van der Waals surface area contributed by atoms with Gasteiger partial charge >= 0.3 is 0 Å². The molecular formula is C10H10N4. The molecule has 14 heavy (non-hydrogen) atoms. The Hall–Kier alpha value is -2.10. The number of rotatable bonds is 1. The van der Waals surface area contributed by atoms with Gasteiger partial charge in [-0.05, 0) is 12.1 Å². The minimum absolute atomic E-state index is 0.353. The van der Waals surface area contributed by atoms with Crippen molar-refractivity contribution in [3.63, 3.8) is 0 Å². The summed E-state index contributed by atoms with van der Waals surface area (Å²) < 4.78 is 0. The molecule has 4 nitrogen and oxygen atoms in total. The van der Waals surface area contributed by atoms with E-state index >= 15 is 0 Å². The lowest BCUT2D eigenvalue weighted by atomic mass is 10.1. The third-order valence-corrected chi connectivity index (χ3v) is 1.99. The first-order chi connectivity index (χ1) is 6.79. The zero-order chi connectivity index (χ0) is 9.97. The van der Waals surface area contributed by atoms with Crippen LogP contribution in [-0.4, -0.2) is 9.97 Å². The zero-order valence-electron chi connectivity index (χ0n) is 7.51. The first kappa shape index (κ1) is 8.50. The zero-order valence-corrected chi connectivity index (χ0v) is 7.51. The van der Waals surface area contributed by atoms with Crippen LogP contribution in [0.25, 0.3) is 11.1 Å². The number of hydrogen-bond acceptors (Lipinski definition) is 4. The molecule has 0 aliphatic heterocycles. The molecule has 0 saturated carbocycles. The maximum atomic E-state index is 5.80. The molecule has 0 unspecified atom stereocenters. The smallest absolute Gasteiger partial charge is 0.147 e. The molecule has 2 aromatic rings. The first-order valence-electron chi connectivity index (χ1n) is 4.19. The fourth-order valence-corrected chi connectivity index (χ4v) is 1.26. The molecule has 0 saturated heterocycles. The van der Waals surface area contributed by atoms with Crippen molar-refractivity contribution in [2.75, 3.05) is 11.5 Å². The van der Waals surface area contributed by atoms with Gasteiger partial charge in [-0.3, -0.25) is 4.98 Å². The van der Waals surface area contributed by atoms with Crippen LogP contribution in [-0.2, 0) is 0 Å². The quantitative estimate of drug-likeness (QED) is 0.703. The Morgan fingerprint density at radius 3 is 2.64 bits per heavy atom. The third-order valence-electron chi connectivity index (χ3n) is 1.99. The van der Waals surface area contributed by atoms with E-state index in [1.165, 1.54) is 0 Å². The van der Waals surface area contributed by atoms with Gasteiger partial charge in [0.15, 0.2) is 0 Å². The lowest BCUT2D eigenvalue weighted by Gasteiger charge is -2.06. The second-order valence-electron chi connectivity index (χ2n) is 2.90. The van der Waals surface area contributed by atoms with Crippen LogP contribution in [0.3, 0.4) is 0 Å². The molecule has 0 aromatic carbocycles. The molecule has 0 spiro atoms. The predicted octanol–water partition coefficient (Wildman–Crippen LogP) is 1.31. The highest BCUT2D eigenvalue weighted by molar-refractivity contribution is 5.81. The Morgan fingerprint density at radius 1 is 1.07 bits per heavy atom. The highest BCUT2D eigenvalue weighted by Crippen LogP contribution is 2.27. The monoisotopic (exact) mass is 186 g/mol. The van der Waals surface area contributed by atoms with Gasteiger partial charge in [0.05, 0.1) is 5.69 Å². The van der Waals surface area contributed by atoms with E-state index in [4.69, 9.17) is 11.5 Å². The summed E-state index contributed by atoms with van der Waals surface area (Å²) in [5.41, 5.74) is 13.7. The lowest BCUT2D eigenvalue weighted by molar-refractivity contribution is 1.31. The van der Waals surface area contributed by atoms with Crippen molar-refractivity contribution in [3.8, 4) is 11.1 Å². The van der Waals surface area contributed by atoms with E-state index in [0.29, 0.717) is 11.5 Å². The molecule has 0 aliphatic carbocycles. The van der Waals surface area contributed by atoms with E-state index in [1.54, 1.807) is 18.6 Å². The molecule has 0 radical (unpaired) electrons. The predicted molar refractivity (Wildman–Crippen MR) is 56.3 cm³/mol. The van der Waals surface area contributed by atoms with Crippen molar-refractivity contribution in [2.45, 2.75) is 0 Å². The van der Waals surface area contributed by atoms with Gasteiger partial charge in [0, 0.05) is 29.7 Å². The summed E-state index contributed by atoms with van der Waals surface area (Å²) in [7, 11) is 0. The Kier molecular flexibility index (Phi) is 2.02. The molecule has 4 heteroatoms. The normalized spacial score (nSPS) is 10.0. The second-order valence-corrected chi connectivity index (χ2v) is 2.90. The minimum atomic E-state index is 0.353. The SMILES string of the molecule is Nc1nccc(-c2cccnc2)c1N. The largest absolute Gasteiger partial charge is 0.395 e. The summed E-state index contributed by atoms with van der Waals surface area (Å²) in [6.07, 6.45) is 5.09. The van der Waals surface area contributed by atoms with E-state index < -0.39 is 0 Å². The summed E-state index contributed by atoms with van der Waals surface area (Å²) in [5, 5.41) is 0. The van der Waals surface area contributed by atoms with Gasteiger partial charge in [-0.1, -0.05) is 6.07 Å². The summed E-state index contributed by atoms with van der Waals surface area (Å²) in [5.74, 6) is 0.353. The van der Waals surface area contributed by atoms with Gasteiger partial charge in [-0.2, -0.15) is 0 Å². The van der Waals surface area contributed by atoms with Crippen LogP contribution in [0.4, 0.5) is 11.5 Å². The summed E-state index contributed by atoms with van der Waals surface area (Å²) >= 11 is 0. The average Bonchev–Trinajstić information content (AvgIpc) is 2.23. The Labute approximate surface area is 81.6 Å². The van der Waals surface area contributed by atoms with Crippen LogP contribution in [0.5, 0.6) is 0 Å². The maximum absolute atomic E-state index is 5.80.